The van der Waals surface area contributed by atoms with E-state index in [9.17, 15) is 0 Å². The van der Waals surface area contributed by atoms with Gasteiger partial charge in [-0.25, -0.2) is 0 Å². The van der Waals surface area contributed by atoms with Crippen LogP contribution >= 0.6 is 31.9 Å². The second-order valence-corrected chi connectivity index (χ2v) is 8.09. The van der Waals surface area contributed by atoms with Gasteiger partial charge in [-0.05, 0) is 86.7 Å². The number of anilines is 1. The summed E-state index contributed by atoms with van der Waals surface area (Å²) in [5.74, 6) is 0.824. The summed E-state index contributed by atoms with van der Waals surface area (Å²) in [6.45, 7) is 5.47. The molecule has 134 valence electrons. The Labute approximate surface area is 171 Å². The van der Waals surface area contributed by atoms with E-state index in [4.69, 9.17) is 4.74 Å². The fraction of sp³-hybridized carbons (Fsp3) is 0.182. The lowest BCUT2D eigenvalue weighted by atomic mass is 10.1. The number of hydrogen-bond acceptors (Lipinski definition) is 2. The molecule has 0 fully saturated rings. The minimum atomic E-state index is 0.540. The third-order valence-electron chi connectivity index (χ3n) is 4.08. The van der Waals surface area contributed by atoms with Gasteiger partial charge in [0.2, 0.25) is 0 Å². The molecule has 0 spiro atoms. The summed E-state index contributed by atoms with van der Waals surface area (Å²) < 4.78 is 7.90. The van der Waals surface area contributed by atoms with Crippen molar-refractivity contribution in [2.24, 2.45) is 0 Å². The molecule has 4 heteroatoms. The van der Waals surface area contributed by atoms with Crippen molar-refractivity contribution >= 4 is 37.5 Å². The highest BCUT2D eigenvalue weighted by Gasteiger charge is 2.10. The Morgan fingerprint density at radius 2 is 1.50 bits per heavy atom. The molecule has 26 heavy (non-hydrogen) atoms. The summed E-state index contributed by atoms with van der Waals surface area (Å²) in [6.07, 6.45) is 0. The van der Waals surface area contributed by atoms with Crippen molar-refractivity contribution in [2.75, 3.05) is 5.32 Å². The van der Waals surface area contributed by atoms with E-state index < -0.39 is 0 Å². The molecule has 0 amide bonds. The maximum atomic E-state index is 6.01. The predicted octanol–water partition coefficient (Wildman–Crippen LogP) is 7.02. The van der Waals surface area contributed by atoms with E-state index in [0.717, 1.165) is 32.5 Å². The molecule has 0 radical (unpaired) electrons. The molecular formula is C22H21Br2NO. The molecule has 0 aliphatic rings. The van der Waals surface area contributed by atoms with Crippen molar-refractivity contribution in [2.45, 2.75) is 27.0 Å². The average Bonchev–Trinajstić information content (AvgIpc) is 2.61. The van der Waals surface area contributed by atoms with Gasteiger partial charge in [0.25, 0.3) is 0 Å². The summed E-state index contributed by atoms with van der Waals surface area (Å²) in [5, 5.41) is 3.46. The minimum Gasteiger partial charge on any atom is -0.487 e. The van der Waals surface area contributed by atoms with Crippen molar-refractivity contribution in [3.8, 4) is 5.75 Å². The molecule has 3 rings (SSSR count). The summed E-state index contributed by atoms with van der Waals surface area (Å²) >= 11 is 7.28. The van der Waals surface area contributed by atoms with Crippen LogP contribution in [0.2, 0.25) is 0 Å². The van der Waals surface area contributed by atoms with Crippen molar-refractivity contribution in [3.63, 3.8) is 0 Å². The highest BCUT2D eigenvalue weighted by atomic mass is 79.9. The number of benzene rings is 3. The predicted molar refractivity (Wildman–Crippen MR) is 116 cm³/mol. The highest BCUT2D eigenvalue weighted by Crippen LogP contribution is 2.35. The first-order valence-corrected chi connectivity index (χ1v) is 10.1. The van der Waals surface area contributed by atoms with Crippen LogP contribution in [0.1, 0.15) is 22.3 Å². The zero-order chi connectivity index (χ0) is 18.5. The molecule has 2 nitrogen and oxygen atoms in total. The summed E-state index contributed by atoms with van der Waals surface area (Å²) in [6, 6.07) is 21.0. The van der Waals surface area contributed by atoms with Gasteiger partial charge < -0.3 is 10.1 Å². The van der Waals surface area contributed by atoms with Crippen LogP contribution in [0.25, 0.3) is 0 Å². The van der Waals surface area contributed by atoms with E-state index in [1.54, 1.807) is 0 Å². The molecule has 0 bridgehead atoms. The molecule has 0 aliphatic heterocycles. The molecule has 0 atom stereocenters. The standard InChI is InChI=1S/C22H21Br2NO/c1-15-6-8-17(9-7-15)14-26-22-20(23)11-18(12-21(22)24)13-25-19-5-3-4-16(2)10-19/h3-12,25H,13-14H2,1-2H3. The van der Waals surface area contributed by atoms with Crippen molar-refractivity contribution in [1.82, 2.24) is 0 Å². The fourth-order valence-electron chi connectivity index (χ4n) is 2.65. The zero-order valence-corrected chi connectivity index (χ0v) is 18.0. The molecule has 0 aliphatic carbocycles. The lowest BCUT2D eigenvalue weighted by Gasteiger charge is -2.13. The van der Waals surface area contributed by atoms with Crippen LogP contribution in [-0.4, -0.2) is 0 Å². The van der Waals surface area contributed by atoms with Crippen molar-refractivity contribution in [1.29, 1.82) is 0 Å². The van der Waals surface area contributed by atoms with E-state index in [2.05, 4.69) is 112 Å². The summed E-state index contributed by atoms with van der Waals surface area (Å²) in [5.41, 5.74) is 5.95. The minimum absolute atomic E-state index is 0.540. The van der Waals surface area contributed by atoms with Crippen LogP contribution in [0.5, 0.6) is 5.75 Å². The van der Waals surface area contributed by atoms with E-state index >= 15 is 0 Å². The van der Waals surface area contributed by atoms with Crippen LogP contribution in [0.4, 0.5) is 5.69 Å². The molecule has 0 saturated heterocycles. The molecular weight excluding hydrogens is 454 g/mol. The number of aryl methyl sites for hydroxylation is 2. The second-order valence-electron chi connectivity index (χ2n) is 6.39. The Hall–Kier alpha value is -1.78. The third kappa shape index (κ3) is 5.12. The van der Waals surface area contributed by atoms with E-state index in [1.165, 1.54) is 16.7 Å². The molecule has 3 aromatic rings. The maximum absolute atomic E-state index is 6.01. The normalized spacial score (nSPS) is 10.6. The lowest BCUT2D eigenvalue weighted by Crippen LogP contribution is -2.01. The van der Waals surface area contributed by atoms with Crippen LogP contribution < -0.4 is 10.1 Å². The van der Waals surface area contributed by atoms with E-state index in [1.807, 2.05) is 0 Å². The fourth-order valence-corrected chi connectivity index (χ4v) is 4.16. The number of hydrogen-bond donors (Lipinski definition) is 1. The third-order valence-corrected chi connectivity index (χ3v) is 5.25. The summed E-state index contributed by atoms with van der Waals surface area (Å²) in [7, 11) is 0. The zero-order valence-electron chi connectivity index (χ0n) is 14.9. The van der Waals surface area contributed by atoms with Crippen molar-refractivity contribution < 1.29 is 4.74 Å². The SMILES string of the molecule is Cc1ccc(COc2c(Br)cc(CNc3cccc(C)c3)cc2Br)cc1. The maximum Gasteiger partial charge on any atom is 0.148 e. The van der Waals surface area contributed by atoms with Crippen molar-refractivity contribution in [3.05, 3.63) is 91.9 Å². The van der Waals surface area contributed by atoms with Gasteiger partial charge >= 0.3 is 0 Å². The Morgan fingerprint density at radius 3 is 2.15 bits per heavy atom. The molecule has 0 unspecified atom stereocenters. The Balaban J connectivity index is 1.66. The monoisotopic (exact) mass is 473 g/mol. The first-order chi connectivity index (χ1) is 12.5. The van der Waals surface area contributed by atoms with Crippen LogP contribution in [0, 0.1) is 13.8 Å². The molecule has 0 heterocycles. The Bertz CT molecular complexity index is 868. The van der Waals surface area contributed by atoms with Gasteiger partial charge in [0.1, 0.15) is 12.4 Å². The van der Waals surface area contributed by atoms with Crippen LogP contribution in [0.15, 0.2) is 69.6 Å². The van der Waals surface area contributed by atoms with Gasteiger partial charge in [-0.15, -0.1) is 0 Å². The largest absolute Gasteiger partial charge is 0.487 e. The van der Waals surface area contributed by atoms with Crippen LogP contribution in [-0.2, 0) is 13.2 Å². The number of halogens is 2. The van der Waals surface area contributed by atoms with Gasteiger partial charge in [-0.2, -0.15) is 0 Å². The van der Waals surface area contributed by atoms with Gasteiger partial charge in [0, 0.05) is 12.2 Å². The summed E-state index contributed by atoms with van der Waals surface area (Å²) in [4.78, 5) is 0. The first kappa shape index (κ1) is 19.0. The van der Waals surface area contributed by atoms with Gasteiger partial charge in [-0.3, -0.25) is 0 Å². The second kappa shape index (κ2) is 8.74. The average molecular weight is 475 g/mol. The number of rotatable bonds is 6. The van der Waals surface area contributed by atoms with E-state index in [0.29, 0.717) is 6.61 Å². The van der Waals surface area contributed by atoms with E-state index in [-0.39, 0.29) is 0 Å². The highest BCUT2D eigenvalue weighted by molar-refractivity contribution is 9.11. The smallest absolute Gasteiger partial charge is 0.148 e. The lowest BCUT2D eigenvalue weighted by molar-refractivity contribution is 0.302. The number of ether oxygens (including phenoxy) is 1. The quantitative estimate of drug-likeness (QED) is 0.414. The Morgan fingerprint density at radius 1 is 0.808 bits per heavy atom. The Kier molecular flexibility index (Phi) is 6.38. The number of nitrogens with one attached hydrogen (secondary N) is 1. The molecule has 0 aromatic heterocycles. The van der Waals surface area contributed by atoms with Gasteiger partial charge in [0.15, 0.2) is 0 Å². The molecule has 3 aromatic carbocycles. The molecule has 0 saturated carbocycles. The van der Waals surface area contributed by atoms with Gasteiger partial charge in [0.05, 0.1) is 8.95 Å². The van der Waals surface area contributed by atoms with Gasteiger partial charge in [-0.1, -0.05) is 42.0 Å². The molecule has 1 N–H and O–H groups in total. The van der Waals surface area contributed by atoms with Crippen LogP contribution in [0.3, 0.4) is 0 Å². The first-order valence-electron chi connectivity index (χ1n) is 8.48. The topological polar surface area (TPSA) is 21.3 Å².